The molecule has 0 aliphatic carbocycles. The molecule has 0 spiro atoms. The van der Waals surface area contributed by atoms with Gasteiger partial charge in [-0.05, 0) is 45.2 Å². The lowest BCUT2D eigenvalue weighted by molar-refractivity contribution is 0.166. The molecule has 2 nitrogen and oxygen atoms in total. The van der Waals surface area contributed by atoms with Gasteiger partial charge in [-0.2, -0.15) is 0 Å². The standard InChI is InChI=1S/C16H24N2.ClH/c1-12-4-3-5-13(8-12)11-18(2)16-9-14-6-7-15(10-16)17-14;/h3-5,8,14-17H,6-7,9-11H2,1-2H3;1H. The van der Waals surface area contributed by atoms with E-state index in [-0.39, 0.29) is 12.4 Å². The number of hydrogen-bond acceptors (Lipinski definition) is 2. The van der Waals surface area contributed by atoms with Crippen molar-refractivity contribution in [1.29, 1.82) is 0 Å². The van der Waals surface area contributed by atoms with Gasteiger partial charge in [-0.1, -0.05) is 29.8 Å². The second-order valence-corrected chi connectivity index (χ2v) is 6.17. The Labute approximate surface area is 123 Å². The average molecular weight is 281 g/mol. The van der Waals surface area contributed by atoms with Crippen molar-refractivity contribution in [2.24, 2.45) is 0 Å². The van der Waals surface area contributed by atoms with Crippen LogP contribution in [0.15, 0.2) is 24.3 Å². The topological polar surface area (TPSA) is 15.3 Å². The van der Waals surface area contributed by atoms with Crippen molar-refractivity contribution >= 4 is 12.4 Å². The number of halogens is 1. The average Bonchev–Trinajstić information content (AvgIpc) is 2.68. The summed E-state index contributed by atoms with van der Waals surface area (Å²) in [5.74, 6) is 0. The van der Waals surface area contributed by atoms with Crippen LogP contribution >= 0.6 is 12.4 Å². The van der Waals surface area contributed by atoms with Gasteiger partial charge < -0.3 is 5.32 Å². The number of nitrogens with zero attached hydrogens (tertiary/aromatic N) is 1. The largest absolute Gasteiger partial charge is 0.311 e. The van der Waals surface area contributed by atoms with E-state index in [0.29, 0.717) is 0 Å². The van der Waals surface area contributed by atoms with Crippen LogP contribution in [0.4, 0.5) is 0 Å². The van der Waals surface area contributed by atoms with E-state index in [1.807, 2.05) is 0 Å². The van der Waals surface area contributed by atoms with Gasteiger partial charge in [0, 0.05) is 24.7 Å². The highest BCUT2D eigenvalue weighted by molar-refractivity contribution is 5.85. The maximum Gasteiger partial charge on any atom is 0.0233 e. The minimum atomic E-state index is 0. The molecule has 2 aliphatic heterocycles. The molecule has 2 saturated heterocycles. The second kappa shape index (κ2) is 6.25. The fourth-order valence-corrected chi connectivity index (χ4v) is 3.61. The Morgan fingerprint density at radius 1 is 1.21 bits per heavy atom. The predicted molar refractivity (Wildman–Crippen MR) is 82.9 cm³/mol. The van der Waals surface area contributed by atoms with Crippen molar-refractivity contribution in [2.45, 2.75) is 57.3 Å². The molecule has 2 fully saturated rings. The van der Waals surface area contributed by atoms with E-state index >= 15 is 0 Å². The van der Waals surface area contributed by atoms with Crippen LogP contribution in [0.3, 0.4) is 0 Å². The zero-order valence-electron chi connectivity index (χ0n) is 11.9. The van der Waals surface area contributed by atoms with Crippen molar-refractivity contribution in [3.63, 3.8) is 0 Å². The lowest BCUT2D eigenvalue weighted by Gasteiger charge is -2.35. The summed E-state index contributed by atoms with van der Waals surface area (Å²) in [7, 11) is 2.29. The molecule has 1 N–H and O–H groups in total. The number of piperidine rings is 1. The van der Waals surface area contributed by atoms with Crippen LogP contribution in [-0.4, -0.2) is 30.1 Å². The van der Waals surface area contributed by atoms with Crippen molar-refractivity contribution < 1.29 is 0 Å². The van der Waals surface area contributed by atoms with Gasteiger partial charge in [0.05, 0.1) is 0 Å². The molecule has 3 heteroatoms. The fraction of sp³-hybridized carbons (Fsp3) is 0.625. The van der Waals surface area contributed by atoms with Crippen LogP contribution in [0, 0.1) is 6.92 Å². The van der Waals surface area contributed by atoms with Crippen LogP contribution in [0.2, 0.25) is 0 Å². The third kappa shape index (κ3) is 3.50. The van der Waals surface area contributed by atoms with Crippen LogP contribution in [0.25, 0.3) is 0 Å². The van der Waals surface area contributed by atoms with Gasteiger partial charge >= 0.3 is 0 Å². The first-order chi connectivity index (χ1) is 8.70. The van der Waals surface area contributed by atoms with Crippen molar-refractivity contribution in [3.05, 3.63) is 35.4 Å². The van der Waals surface area contributed by atoms with E-state index in [0.717, 1.165) is 24.7 Å². The van der Waals surface area contributed by atoms with E-state index in [2.05, 4.69) is 48.5 Å². The van der Waals surface area contributed by atoms with Crippen LogP contribution in [-0.2, 0) is 6.54 Å². The van der Waals surface area contributed by atoms with Gasteiger partial charge in [-0.15, -0.1) is 12.4 Å². The molecule has 2 bridgehead atoms. The maximum atomic E-state index is 3.72. The summed E-state index contributed by atoms with van der Waals surface area (Å²) < 4.78 is 0. The highest BCUT2D eigenvalue weighted by atomic mass is 35.5. The summed E-state index contributed by atoms with van der Waals surface area (Å²) in [4.78, 5) is 2.56. The van der Waals surface area contributed by atoms with Gasteiger partial charge in [0.2, 0.25) is 0 Å². The Bertz CT molecular complexity index is 409. The zero-order chi connectivity index (χ0) is 12.5. The van der Waals surface area contributed by atoms with Gasteiger partial charge in [-0.3, -0.25) is 4.90 Å². The first kappa shape index (κ1) is 14.8. The van der Waals surface area contributed by atoms with Crippen LogP contribution in [0.1, 0.15) is 36.8 Å². The van der Waals surface area contributed by atoms with Crippen LogP contribution in [0.5, 0.6) is 0 Å². The summed E-state index contributed by atoms with van der Waals surface area (Å²) in [6.45, 7) is 3.26. The van der Waals surface area contributed by atoms with Crippen molar-refractivity contribution in [3.8, 4) is 0 Å². The summed E-state index contributed by atoms with van der Waals surface area (Å²) in [6.07, 6.45) is 5.44. The lowest BCUT2D eigenvalue weighted by atomic mass is 9.98. The Kier molecular flexibility index (Phi) is 4.88. The minimum Gasteiger partial charge on any atom is -0.311 e. The van der Waals surface area contributed by atoms with E-state index in [1.165, 1.54) is 36.8 Å². The molecule has 2 atom stereocenters. The molecule has 1 aromatic rings. The maximum absolute atomic E-state index is 3.72. The van der Waals surface area contributed by atoms with Gasteiger partial charge in [0.15, 0.2) is 0 Å². The Hall–Kier alpha value is -0.570. The monoisotopic (exact) mass is 280 g/mol. The van der Waals surface area contributed by atoms with Crippen LogP contribution < -0.4 is 5.32 Å². The number of nitrogens with one attached hydrogen (secondary N) is 1. The molecule has 0 radical (unpaired) electrons. The fourth-order valence-electron chi connectivity index (χ4n) is 3.61. The van der Waals surface area contributed by atoms with Crippen molar-refractivity contribution in [2.75, 3.05) is 7.05 Å². The number of benzene rings is 1. The molecule has 0 amide bonds. The molecule has 1 aromatic carbocycles. The molecule has 106 valence electrons. The molecule has 2 aliphatic rings. The normalized spacial score (nSPS) is 29.3. The molecular weight excluding hydrogens is 256 g/mol. The van der Waals surface area contributed by atoms with E-state index in [9.17, 15) is 0 Å². The molecule has 19 heavy (non-hydrogen) atoms. The highest BCUT2D eigenvalue weighted by Gasteiger charge is 2.34. The third-order valence-electron chi connectivity index (χ3n) is 4.59. The first-order valence-corrected chi connectivity index (χ1v) is 7.22. The highest BCUT2D eigenvalue weighted by Crippen LogP contribution is 2.29. The smallest absolute Gasteiger partial charge is 0.0233 e. The predicted octanol–water partition coefficient (Wildman–Crippen LogP) is 3.13. The molecular formula is C16H25ClN2. The number of rotatable bonds is 3. The summed E-state index contributed by atoms with van der Waals surface area (Å²) in [5.41, 5.74) is 2.81. The first-order valence-electron chi connectivity index (χ1n) is 7.22. The number of hydrogen-bond donors (Lipinski definition) is 1. The SMILES string of the molecule is Cc1cccc(CN(C)C2CC3CCC(C2)N3)c1.Cl. The van der Waals surface area contributed by atoms with Gasteiger partial charge in [0.1, 0.15) is 0 Å². The summed E-state index contributed by atoms with van der Waals surface area (Å²) in [6, 6.07) is 11.2. The van der Waals surface area contributed by atoms with Crippen molar-refractivity contribution in [1.82, 2.24) is 10.2 Å². The summed E-state index contributed by atoms with van der Waals surface area (Å²) in [5, 5.41) is 3.72. The Morgan fingerprint density at radius 2 is 1.89 bits per heavy atom. The van der Waals surface area contributed by atoms with E-state index in [4.69, 9.17) is 0 Å². The number of fused-ring (bicyclic) bond motifs is 2. The quantitative estimate of drug-likeness (QED) is 0.915. The summed E-state index contributed by atoms with van der Waals surface area (Å²) >= 11 is 0. The molecule has 3 rings (SSSR count). The molecule has 0 aromatic heterocycles. The minimum absolute atomic E-state index is 0. The second-order valence-electron chi connectivity index (χ2n) is 6.17. The molecule has 2 heterocycles. The lowest BCUT2D eigenvalue weighted by Crippen LogP contribution is -2.46. The third-order valence-corrected chi connectivity index (χ3v) is 4.59. The van der Waals surface area contributed by atoms with Gasteiger partial charge in [0.25, 0.3) is 0 Å². The Balaban J connectivity index is 0.00000133. The van der Waals surface area contributed by atoms with E-state index < -0.39 is 0 Å². The molecule has 2 unspecified atom stereocenters. The molecule has 0 saturated carbocycles. The zero-order valence-corrected chi connectivity index (χ0v) is 12.7. The Morgan fingerprint density at radius 3 is 2.53 bits per heavy atom. The number of aryl methyl sites for hydroxylation is 1. The van der Waals surface area contributed by atoms with Gasteiger partial charge in [-0.25, -0.2) is 0 Å². The van der Waals surface area contributed by atoms with E-state index in [1.54, 1.807) is 0 Å².